The monoisotopic (exact) mass is 217 g/mol. The van der Waals surface area contributed by atoms with Gasteiger partial charge in [-0.05, 0) is 32.2 Å². The van der Waals surface area contributed by atoms with Crippen LogP contribution in [-0.2, 0) is 0 Å². The van der Waals surface area contributed by atoms with Crippen molar-refractivity contribution in [1.82, 2.24) is 5.32 Å². The average molecular weight is 217 g/mol. The lowest BCUT2D eigenvalue weighted by atomic mass is 10.1. The fraction of sp³-hybridized carbons (Fsp3) is 0.900. The Labute approximate surface area is 91.4 Å². The molecule has 0 saturated heterocycles. The Balaban J connectivity index is 3.53. The molecule has 5 N–H and O–H groups in total. The number of amidine groups is 1. The lowest BCUT2D eigenvalue weighted by Crippen LogP contribution is -2.33. The highest BCUT2D eigenvalue weighted by molar-refractivity contribution is 5.80. The summed E-state index contributed by atoms with van der Waals surface area (Å²) in [5.41, 5.74) is 5.43. The molecule has 0 saturated carbocycles. The Morgan fingerprint density at radius 1 is 1.40 bits per heavy atom. The molecule has 0 aromatic heterocycles. The van der Waals surface area contributed by atoms with Gasteiger partial charge in [0.25, 0.3) is 0 Å². The van der Waals surface area contributed by atoms with E-state index in [1.54, 1.807) is 0 Å². The molecule has 0 bridgehead atoms. The zero-order valence-corrected chi connectivity index (χ0v) is 9.45. The first-order chi connectivity index (χ1) is 7.24. The predicted molar refractivity (Wildman–Crippen MR) is 61.0 cm³/mol. The first-order valence-electron chi connectivity index (χ1n) is 5.55. The molecule has 0 aromatic rings. The summed E-state index contributed by atoms with van der Waals surface area (Å²) in [5.74, 6) is 0.268. The van der Waals surface area contributed by atoms with Crippen LogP contribution in [0.1, 0.15) is 39.0 Å². The van der Waals surface area contributed by atoms with Gasteiger partial charge in [-0.3, -0.25) is 0 Å². The van der Waals surface area contributed by atoms with Crippen molar-refractivity contribution < 1.29 is 10.3 Å². The summed E-state index contributed by atoms with van der Waals surface area (Å²) in [6.07, 6.45) is 4.47. The van der Waals surface area contributed by atoms with Crippen LogP contribution >= 0.6 is 0 Å². The average Bonchev–Trinajstić information content (AvgIpc) is 2.26. The van der Waals surface area contributed by atoms with Crippen molar-refractivity contribution in [3.8, 4) is 0 Å². The minimum atomic E-state index is 0.265. The van der Waals surface area contributed by atoms with E-state index in [1.807, 2.05) is 0 Å². The van der Waals surface area contributed by atoms with Crippen molar-refractivity contribution in [2.45, 2.75) is 45.1 Å². The van der Waals surface area contributed by atoms with E-state index in [9.17, 15) is 0 Å². The molecule has 0 aromatic carbocycles. The SMILES string of the molecule is CCC(CC(N)=NO)NCCCCCO. The summed E-state index contributed by atoms with van der Waals surface area (Å²) >= 11 is 0. The van der Waals surface area contributed by atoms with Crippen LogP contribution in [-0.4, -0.2) is 35.3 Å². The number of nitrogens with two attached hydrogens (primary N) is 1. The summed E-state index contributed by atoms with van der Waals surface area (Å²) in [6.45, 7) is 3.24. The molecule has 0 fully saturated rings. The minimum absolute atomic E-state index is 0.265. The number of aliphatic hydroxyl groups excluding tert-OH is 1. The van der Waals surface area contributed by atoms with Gasteiger partial charge in [0.05, 0.1) is 0 Å². The van der Waals surface area contributed by atoms with Crippen LogP contribution in [0.15, 0.2) is 5.16 Å². The molecule has 0 aliphatic heterocycles. The second-order valence-corrected chi connectivity index (χ2v) is 3.64. The highest BCUT2D eigenvalue weighted by Gasteiger charge is 2.07. The molecular weight excluding hydrogens is 194 g/mol. The van der Waals surface area contributed by atoms with E-state index >= 15 is 0 Å². The van der Waals surface area contributed by atoms with Crippen molar-refractivity contribution in [2.75, 3.05) is 13.2 Å². The van der Waals surface area contributed by atoms with Crippen LogP contribution < -0.4 is 11.1 Å². The first kappa shape index (κ1) is 14.2. The topological polar surface area (TPSA) is 90.9 Å². The van der Waals surface area contributed by atoms with Gasteiger partial charge < -0.3 is 21.4 Å². The molecule has 0 radical (unpaired) electrons. The lowest BCUT2D eigenvalue weighted by molar-refractivity contribution is 0.282. The van der Waals surface area contributed by atoms with Gasteiger partial charge in [-0.2, -0.15) is 0 Å². The highest BCUT2D eigenvalue weighted by Crippen LogP contribution is 1.99. The third kappa shape index (κ3) is 8.20. The molecule has 1 atom stereocenters. The quantitative estimate of drug-likeness (QED) is 0.150. The Morgan fingerprint density at radius 2 is 2.13 bits per heavy atom. The smallest absolute Gasteiger partial charge is 0.140 e. The molecular formula is C10H23N3O2. The van der Waals surface area contributed by atoms with Gasteiger partial charge >= 0.3 is 0 Å². The zero-order chi connectivity index (χ0) is 11.5. The first-order valence-corrected chi connectivity index (χ1v) is 5.55. The maximum Gasteiger partial charge on any atom is 0.140 e. The van der Waals surface area contributed by atoms with E-state index in [4.69, 9.17) is 16.0 Å². The molecule has 0 aliphatic rings. The molecule has 5 heteroatoms. The van der Waals surface area contributed by atoms with E-state index in [-0.39, 0.29) is 18.5 Å². The number of oxime groups is 1. The standard InChI is InChI=1S/C10H23N3O2/c1-2-9(8-10(11)13-15)12-6-4-3-5-7-14/h9,12,14-15H,2-8H2,1H3,(H2,11,13). The van der Waals surface area contributed by atoms with Crippen LogP contribution in [0.25, 0.3) is 0 Å². The highest BCUT2D eigenvalue weighted by atomic mass is 16.4. The summed E-state index contributed by atoms with van der Waals surface area (Å²) < 4.78 is 0. The minimum Gasteiger partial charge on any atom is -0.409 e. The van der Waals surface area contributed by atoms with Gasteiger partial charge in [0.15, 0.2) is 0 Å². The number of nitrogens with zero attached hydrogens (tertiary/aromatic N) is 1. The van der Waals surface area contributed by atoms with E-state index in [0.717, 1.165) is 32.2 Å². The largest absolute Gasteiger partial charge is 0.409 e. The summed E-state index contributed by atoms with van der Waals surface area (Å²) in [6, 6.07) is 0.273. The van der Waals surface area contributed by atoms with Gasteiger partial charge in [-0.1, -0.05) is 12.1 Å². The van der Waals surface area contributed by atoms with Gasteiger partial charge in [-0.25, -0.2) is 0 Å². The molecule has 0 heterocycles. The maximum atomic E-state index is 8.59. The van der Waals surface area contributed by atoms with E-state index < -0.39 is 0 Å². The molecule has 0 rings (SSSR count). The summed E-state index contributed by atoms with van der Waals surface area (Å²) in [7, 11) is 0. The number of rotatable bonds is 9. The van der Waals surface area contributed by atoms with Crippen LogP contribution in [0.2, 0.25) is 0 Å². The molecule has 0 aliphatic carbocycles. The molecule has 0 amide bonds. The number of nitrogens with one attached hydrogen (secondary N) is 1. The Hall–Kier alpha value is -0.810. The van der Waals surface area contributed by atoms with Crippen molar-refractivity contribution in [3.05, 3.63) is 0 Å². The van der Waals surface area contributed by atoms with Crippen LogP contribution in [0.5, 0.6) is 0 Å². The van der Waals surface area contributed by atoms with Crippen molar-refractivity contribution in [3.63, 3.8) is 0 Å². The Kier molecular flexibility index (Phi) is 9.21. The van der Waals surface area contributed by atoms with Gasteiger partial charge in [-0.15, -0.1) is 0 Å². The molecule has 90 valence electrons. The zero-order valence-electron chi connectivity index (χ0n) is 9.45. The maximum absolute atomic E-state index is 8.59. The van der Waals surface area contributed by atoms with Gasteiger partial charge in [0.1, 0.15) is 5.84 Å². The van der Waals surface area contributed by atoms with Gasteiger partial charge in [0, 0.05) is 19.1 Å². The fourth-order valence-electron chi connectivity index (χ4n) is 1.37. The van der Waals surface area contributed by atoms with Gasteiger partial charge in [0.2, 0.25) is 0 Å². The number of hydrogen-bond donors (Lipinski definition) is 4. The third-order valence-corrected chi connectivity index (χ3v) is 2.34. The van der Waals surface area contributed by atoms with Crippen molar-refractivity contribution in [1.29, 1.82) is 0 Å². The van der Waals surface area contributed by atoms with E-state index in [1.165, 1.54) is 0 Å². The van der Waals surface area contributed by atoms with Crippen LogP contribution in [0, 0.1) is 0 Å². The fourth-order valence-corrected chi connectivity index (χ4v) is 1.37. The number of unbranched alkanes of at least 4 members (excludes halogenated alkanes) is 2. The van der Waals surface area contributed by atoms with Crippen LogP contribution in [0.4, 0.5) is 0 Å². The Morgan fingerprint density at radius 3 is 2.67 bits per heavy atom. The Bertz CT molecular complexity index is 174. The molecule has 0 spiro atoms. The molecule has 5 nitrogen and oxygen atoms in total. The number of aliphatic hydroxyl groups is 1. The predicted octanol–water partition coefficient (Wildman–Crippen LogP) is 0.654. The van der Waals surface area contributed by atoms with Crippen LogP contribution in [0.3, 0.4) is 0 Å². The number of hydrogen-bond acceptors (Lipinski definition) is 4. The third-order valence-electron chi connectivity index (χ3n) is 2.34. The molecule has 15 heavy (non-hydrogen) atoms. The van der Waals surface area contributed by atoms with E-state index in [2.05, 4.69) is 17.4 Å². The molecule has 1 unspecified atom stereocenters. The summed E-state index contributed by atoms with van der Waals surface area (Å²) in [4.78, 5) is 0. The second-order valence-electron chi connectivity index (χ2n) is 3.64. The van der Waals surface area contributed by atoms with Crippen molar-refractivity contribution >= 4 is 5.84 Å². The summed E-state index contributed by atoms with van der Waals surface area (Å²) in [5, 5.41) is 23.3. The van der Waals surface area contributed by atoms with Crippen molar-refractivity contribution in [2.24, 2.45) is 10.9 Å². The normalized spacial score (nSPS) is 14.1. The second kappa shape index (κ2) is 9.73. The lowest BCUT2D eigenvalue weighted by Gasteiger charge is -2.15. The van der Waals surface area contributed by atoms with E-state index in [0.29, 0.717) is 6.42 Å².